The van der Waals surface area contributed by atoms with E-state index in [1.165, 1.54) is 55.2 Å². The minimum Gasteiger partial charge on any atom is -0.370 e. The van der Waals surface area contributed by atoms with Crippen LogP contribution in [0.15, 0.2) is 36.5 Å². The molecule has 1 atom stereocenters. The van der Waals surface area contributed by atoms with Crippen molar-refractivity contribution in [2.45, 2.75) is 44.3 Å². The normalized spacial score (nSPS) is 22.6. The topological polar surface area (TPSA) is 22.6 Å². The lowest BCUT2D eigenvalue weighted by Gasteiger charge is -2.25. The zero-order valence-electron chi connectivity index (χ0n) is 17.7. The van der Waals surface area contributed by atoms with Crippen LogP contribution in [0.1, 0.15) is 36.0 Å². The van der Waals surface area contributed by atoms with Gasteiger partial charge in [-0.05, 0) is 80.6 Å². The number of likely N-dealkylation sites (tertiary alicyclic amines) is 1. The molecule has 0 spiro atoms. The Hall–Kier alpha value is -2.28. The molecule has 0 saturated carbocycles. The summed E-state index contributed by atoms with van der Waals surface area (Å²) >= 11 is 0. The third-order valence-corrected chi connectivity index (χ3v) is 7.08. The number of rotatable bonds is 3. The molecule has 3 aliphatic rings. The maximum absolute atomic E-state index is 12.8. The summed E-state index contributed by atoms with van der Waals surface area (Å²) in [6.07, 6.45) is 2.27. The Morgan fingerprint density at radius 2 is 1.61 bits per heavy atom. The van der Waals surface area contributed by atoms with Crippen LogP contribution in [-0.2, 0) is 19.0 Å². The summed E-state index contributed by atoms with van der Waals surface area (Å²) in [5.41, 5.74) is 3.31. The van der Waals surface area contributed by atoms with Crippen LogP contribution in [0.4, 0.5) is 24.7 Å². The van der Waals surface area contributed by atoms with Crippen molar-refractivity contribution >= 4 is 11.5 Å². The summed E-state index contributed by atoms with van der Waals surface area (Å²) in [4.78, 5) is 11.4. The minimum absolute atomic E-state index is 0.619. The number of halogens is 3. The summed E-state index contributed by atoms with van der Waals surface area (Å²) in [7, 11) is 0. The van der Waals surface area contributed by atoms with E-state index in [4.69, 9.17) is 0 Å². The van der Waals surface area contributed by atoms with Crippen LogP contribution in [0.5, 0.6) is 0 Å². The molecule has 2 fully saturated rings. The van der Waals surface area contributed by atoms with Crippen molar-refractivity contribution in [3.05, 3.63) is 53.2 Å². The predicted molar refractivity (Wildman–Crippen MR) is 117 cm³/mol. The summed E-state index contributed by atoms with van der Waals surface area (Å²) in [5.74, 6) is 0.619. The molecule has 2 aromatic rings. The fraction of sp³-hybridized carbons (Fsp3) is 0.542. The first kappa shape index (κ1) is 20.6. The predicted octanol–water partition coefficient (Wildman–Crippen LogP) is 4.38. The Balaban J connectivity index is 1.25. The van der Waals surface area contributed by atoms with Gasteiger partial charge in [-0.2, -0.15) is 13.2 Å². The summed E-state index contributed by atoms with van der Waals surface area (Å²) in [6, 6.07) is 10.1. The number of pyridine rings is 1. The monoisotopic (exact) mass is 430 g/mol. The number of hydrogen-bond donors (Lipinski definition) is 0. The van der Waals surface area contributed by atoms with Crippen molar-refractivity contribution in [1.82, 2.24) is 9.88 Å². The molecule has 4 heterocycles. The van der Waals surface area contributed by atoms with Crippen LogP contribution in [-0.4, -0.2) is 55.2 Å². The number of fused-ring (bicyclic) bond motifs is 1. The lowest BCUT2D eigenvalue weighted by Crippen LogP contribution is -2.35. The first-order valence-electron chi connectivity index (χ1n) is 11.4. The lowest BCUT2D eigenvalue weighted by molar-refractivity contribution is -0.137. The Morgan fingerprint density at radius 1 is 0.839 bits per heavy atom. The third kappa shape index (κ3) is 4.38. The quantitative estimate of drug-likeness (QED) is 0.721. The molecule has 3 aliphatic heterocycles. The average Bonchev–Trinajstić information content (AvgIpc) is 3.42. The molecule has 0 amide bonds. The smallest absolute Gasteiger partial charge is 0.370 e. The Labute approximate surface area is 181 Å². The van der Waals surface area contributed by atoms with Crippen molar-refractivity contribution in [2.75, 3.05) is 49.1 Å². The van der Waals surface area contributed by atoms with Crippen molar-refractivity contribution < 1.29 is 13.2 Å². The first-order valence-corrected chi connectivity index (χ1v) is 11.4. The van der Waals surface area contributed by atoms with E-state index in [-0.39, 0.29) is 0 Å². The number of benzene rings is 1. The van der Waals surface area contributed by atoms with E-state index < -0.39 is 11.7 Å². The van der Waals surface area contributed by atoms with Crippen molar-refractivity contribution in [3.8, 4) is 0 Å². The second-order valence-corrected chi connectivity index (χ2v) is 8.97. The molecule has 166 valence electrons. The van der Waals surface area contributed by atoms with Crippen LogP contribution in [0.3, 0.4) is 0 Å². The van der Waals surface area contributed by atoms with Gasteiger partial charge in [-0.15, -0.1) is 0 Å². The second kappa shape index (κ2) is 8.34. The van der Waals surface area contributed by atoms with E-state index in [0.29, 0.717) is 11.9 Å². The second-order valence-electron chi connectivity index (χ2n) is 8.97. The van der Waals surface area contributed by atoms with Gasteiger partial charge >= 0.3 is 6.18 Å². The maximum Gasteiger partial charge on any atom is 0.417 e. The van der Waals surface area contributed by atoms with Crippen LogP contribution >= 0.6 is 0 Å². The summed E-state index contributed by atoms with van der Waals surface area (Å²) in [5, 5.41) is 0. The van der Waals surface area contributed by atoms with Crippen LogP contribution in [0.2, 0.25) is 0 Å². The van der Waals surface area contributed by atoms with Crippen molar-refractivity contribution in [1.29, 1.82) is 0 Å². The van der Waals surface area contributed by atoms with Gasteiger partial charge in [0.1, 0.15) is 5.82 Å². The number of anilines is 2. The molecule has 1 aromatic heterocycles. The zero-order valence-corrected chi connectivity index (χ0v) is 17.7. The van der Waals surface area contributed by atoms with E-state index >= 15 is 0 Å². The van der Waals surface area contributed by atoms with Crippen molar-refractivity contribution in [3.63, 3.8) is 0 Å². The molecule has 0 N–H and O–H groups in total. The highest BCUT2D eigenvalue weighted by Gasteiger charge is 2.31. The largest absolute Gasteiger partial charge is 0.417 e. The minimum atomic E-state index is -4.35. The molecule has 0 aliphatic carbocycles. The summed E-state index contributed by atoms with van der Waals surface area (Å²) in [6.45, 7) is 6.26. The number of aromatic nitrogens is 1. The first-order chi connectivity index (χ1) is 15.0. The van der Waals surface area contributed by atoms with Gasteiger partial charge in [0.25, 0.3) is 0 Å². The highest BCUT2D eigenvalue weighted by Crippen LogP contribution is 2.31. The van der Waals surface area contributed by atoms with Gasteiger partial charge in [0.15, 0.2) is 0 Å². The highest BCUT2D eigenvalue weighted by atomic mass is 19.4. The number of alkyl halides is 3. The third-order valence-electron chi connectivity index (χ3n) is 7.08. The molecule has 31 heavy (non-hydrogen) atoms. The van der Waals surface area contributed by atoms with Gasteiger partial charge in [0.05, 0.1) is 5.56 Å². The molecule has 1 unspecified atom stereocenters. The zero-order chi connectivity index (χ0) is 21.4. The Kier molecular flexibility index (Phi) is 5.54. The SMILES string of the molecule is FC(F)(F)c1ccc(N2CCc3ccc(N4CCC(N5CCCC5)C4)cc3CC2)nc1. The molecular formula is C24H29F3N4. The van der Waals surface area contributed by atoms with E-state index in [2.05, 4.69) is 37.9 Å². The fourth-order valence-corrected chi connectivity index (χ4v) is 5.26. The average molecular weight is 431 g/mol. The van der Waals surface area contributed by atoms with Crippen LogP contribution in [0.25, 0.3) is 0 Å². The number of hydrogen-bond acceptors (Lipinski definition) is 4. The molecule has 0 radical (unpaired) electrons. The molecule has 0 bridgehead atoms. The van der Waals surface area contributed by atoms with Gasteiger partial charge < -0.3 is 9.80 Å². The lowest BCUT2D eigenvalue weighted by atomic mass is 10.0. The van der Waals surface area contributed by atoms with E-state index in [9.17, 15) is 13.2 Å². The maximum atomic E-state index is 12.8. The molecule has 7 heteroatoms. The van der Waals surface area contributed by atoms with Gasteiger partial charge in [-0.25, -0.2) is 4.98 Å². The van der Waals surface area contributed by atoms with Gasteiger partial charge in [-0.3, -0.25) is 4.90 Å². The standard InChI is InChI=1S/C24H29F3N4/c25-24(26,27)20-4-6-23(28-16-20)30-12-7-18-3-5-21(15-19(18)8-13-30)31-14-9-22(17-31)29-10-1-2-11-29/h3-6,15-16,22H,1-2,7-14,17H2. The Morgan fingerprint density at radius 3 is 2.32 bits per heavy atom. The van der Waals surface area contributed by atoms with Gasteiger partial charge in [0, 0.05) is 44.1 Å². The van der Waals surface area contributed by atoms with E-state index in [1.54, 1.807) is 0 Å². The summed E-state index contributed by atoms with van der Waals surface area (Å²) < 4.78 is 38.5. The molecular weight excluding hydrogens is 401 g/mol. The van der Waals surface area contributed by atoms with E-state index in [1.807, 2.05) is 0 Å². The van der Waals surface area contributed by atoms with Gasteiger partial charge in [0.2, 0.25) is 0 Å². The molecule has 1 aromatic carbocycles. The molecule has 2 saturated heterocycles. The highest BCUT2D eigenvalue weighted by molar-refractivity contribution is 5.53. The van der Waals surface area contributed by atoms with Crippen LogP contribution in [0, 0.1) is 0 Å². The number of nitrogens with zero attached hydrogens (tertiary/aromatic N) is 4. The fourth-order valence-electron chi connectivity index (χ4n) is 5.26. The van der Waals surface area contributed by atoms with Crippen LogP contribution < -0.4 is 9.80 Å². The molecule has 5 rings (SSSR count). The van der Waals surface area contributed by atoms with Gasteiger partial charge in [-0.1, -0.05) is 6.07 Å². The van der Waals surface area contributed by atoms with Crippen molar-refractivity contribution in [2.24, 2.45) is 0 Å². The Bertz CT molecular complexity index is 906. The van der Waals surface area contributed by atoms with E-state index in [0.717, 1.165) is 51.3 Å². The molecule has 4 nitrogen and oxygen atoms in total.